The normalized spacial score (nSPS) is 16.3. The van der Waals surface area contributed by atoms with Gasteiger partial charge in [-0.05, 0) is 36.6 Å². The zero-order valence-electron chi connectivity index (χ0n) is 15.9. The summed E-state index contributed by atoms with van der Waals surface area (Å²) in [5.74, 6) is 0.671. The van der Waals surface area contributed by atoms with E-state index in [1.807, 2.05) is 35.2 Å². The summed E-state index contributed by atoms with van der Waals surface area (Å²) < 4.78 is 16.1. The Labute approximate surface area is 160 Å². The SMILES string of the molecule is COCCN(C[C@@H]1CCCO1)C(=O)c1cccc(-c2cncc(OC)c2)c1. The number of hydrogen-bond acceptors (Lipinski definition) is 5. The molecule has 3 rings (SSSR count). The second-order valence-electron chi connectivity index (χ2n) is 6.57. The summed E-state index contributed by atoms with van der Waals surface area (Å²) in [5, 5.41) is 0. The topological polar surface area (TPSA) is 60.9 Å². The van der Waals surface area contributed by atoms with E-state index in [1.54, 1.807) is 26.6 Å². The first-order valence-electron chi connectivity index (χ1n) is 9.20. The fourth-order valence-corrected chi connectivity index (χ4v) is 3.21. The monoisotopic (exact) mass is 370 g/mol. The molecule has 2 aromatic rings. The summed E-state index contributed by atoms with van der Waals surface area (Å²) in [6.45, 7) is 2.40. The Hall–Kier alpha value is -2.44. The summed E-state index contributed by atoms with van der Waals surface area (Å²) in [6.07, 6.45) is 5.58. The van der Waals surface area contributed by atoms with Gasteiger partial charge in [0.2, 0.25) is 0 Å². The molecule has 1 amide bonds. The van der Waals surface area contributed by atoms with E-state index in [-0.39, 0.29) is 12.0 Å². The molecule has 0 saturated carbocycles. The molecule has 1 atom stereocenters. The highest BCUT2D eigenvalue weighted by molar-refractivity contribution is 5.95. The van der Waals surface area contributed by atoms with Crippen molar-refractivity contribution in [2.75, 3.05) is 40.5 Å². The Morgan fingerprint density at radius 2 is 2.15 bits per heavy atom. The number of ether oxygens (including phenoxy) is 3. The van der Waals surface area contributed by atoms with Crippen molar-refractivity contribution in [1.82, 2.24) is 9.88 Å². The molecule has 0 bridgehead atoms. The smallest absolute Gasteiger partial charge is 0.254 e. The van der Waals surface area contributed by atoms with Crippen LogP contribution in [0.5, 0.6) is 5.75 Å². The van der Waals surface area contributed by atoms with Crippen LogP contribution in [-0.4, -0.2) is 62.4 Å². The number of carbonyl (C=O) groups excluding carboxylic acids is 1. The number of rotatable bonds is 8. The van der Waals surface area contributed by atoms with E-state index in [0.717, 1.165) is 30.6 Å². The van der Waals surface area contributed by atoms with E-state index in [4.69, 9.17) is 14.2 Å². The molecule has 6 nitrogen and oxygen atoms in total. The maximum absolute atomic E-state index is 13.1. The van der Waals surface area contributed by atoms with Crippen molar-refractivity contribution in [3.8, 4) is 16.9 Å². The van der Waals surface area contributed by atoms with E-state index in [2.05, 4.69) is 4.98 Å². The van der Waals surface area contributed by atoms with Gasteiger partial charge in [0.15, 0.2) is 0 Å². The highest BCUT2D eigenvalue weighted by atomic mass is 16.5. The van der Waals surface area contributed by atoms with Gasteiger partial charge in [-0.2, -0.15) is 0 Å². The first kappa shape index (κ1) is 19.3. The number of pyridine rings is 1. The van der Waals surface area contributed by atoms with Crippen molar-refractivity contribution < 1.29 is 19.0 Å². The fraction of sp³-hybridized carbons (Fsp3) is 0.429. The quantitative estimate of drug-likeness (QED) is 0.715. The summed E-state index contributed by atoms with van der Waals surface area (Å²) in [6, 6.07) is 9.50. The average Bonchev–Trinajstić information content (AvgIpc) is 3.24. The van der Waals surface area contributed by atoms with E-state index in [0.29, 0.717) is 31.0 Å². The molecule has 0 N–H and O–H groups in total. The molecule has 0 unspecified atom stereocenters. The zero-order valence-corrected chi connectivity index (χ0v) is 15.9. The molecule has 144 valence electrons. The van der Waals surface area contributed by atoms with E-state index in [9.17, 15) is 4.79 Å². The van der Waals surface area contributed by atoms with Crippen LogP contribution in [0.25, 0.3) is 11.1 Å². The van der Waals surface area contributed by atoms with Gasteiger partial charge >= 0.3 is 0 Å². The molecule has 1 aliphatic rings. The number of nitrogens with zero attached hydrogens (tertiary/aromatic N) is 2. The largest absolute Gasteiger partial charge is 0.495 e. The van der Waals surface area contributed by atoms with Crippen molar-refractivity contribution in [2.24, 2.45) is 0 Å². The average molecular weight is 370 g/mol. The zero-order chi connectivity index (χ0) is 19.1. The molecule has 0 spiro atoms. The molecule has 27 heavy (non-hydrogen) atoms. The number of aromatic nitrogens is 1. The number of amides is 1. The Kier molecular flexibility index (Phi) is 6.79. The third-order valence-electron chi connectivity index (χ3n) is 4.69. The highest BCUT2D eigenvalue weighted by Crippen LogP contribution is 2.24. The maximum atomic E-state index is 13.1. The molecule has 1 aliphatic heterocycles. The van der Waals surface area contributed by atoms with Crippen LogP contribution in [-0.2, 0) is 9.47 Å². The summed E-state index contributed by atoms with van der Waals surface area (Å²) in [4.78, 5) is 19.1. The minimum atomic E-state index is -0.0137. The minimum absolute atomic E-state index is 0.0137. The highest BCUT2D eigenvalue weighted by Gasteiger charge is 2.23. The van der Waals surface area contributed by atoms with Gasteiger partial charge in [0.25, 0.3) is 5.91 Å². The Morgan fingerprint density at radius 1 is 1.26 bits per heavy atom. The lowest BCUT2D eigenvalue weighted by Gasteiger charge is -2.25. The Balaban J connectivity index is 1.80. The number of benzene rings is 1. The van der Waals surface area contributed by atoms with Gasteiger partial charge in [0.05, 0.1) is 26.0 Å². The molecular formula is C21H26N2O4. The van der Waals surface area contributed by atoms with Crippen LogP contribution >= 0.6 is 0 Å². The number of hydrogen-bond donors (Lipinski definition) is 0. The van der Waals surface area contributed by atoms with Gasteiger partial charge in [-0.3, -0.25) is 9.78 Å². The van der Waals surface area contributed by atoms with Gasteiger partial charge in [-0.25, -0.2) is 0 Å². The fourth-order valence-electron chi connectivity index (χ4n) is 3.21. The van der Waals surface area contributed by atoms with E-state index < -0.39 is 0 Å². The standard InChI is InChI=1S/C21H26N2O4/c1-25-10-8-23(15-19-7-4-9-27-19)21(24)17-6-3-5-16(11-17)18-12-20(26-2)14-22-13-18/h3,5-6,11-14,19H,4,7-10,15H2,1-2H3/t19-/m0/s1. The second-order valence-corrected chi connectivity index (χ2v) is 6.57. The second kappa shape index (κ2) is 9.48. The number of methoxy groups -OCH3 is 2. The molecule has 1 fully saturated rings. The molecule has 1 aromatic carbocycles. The lowest BCUT2D eigenvalue weighted by atomic mass is 10.0. The van der Waals surface area contributed by atoms with Crippen LogP contribution in [0.1, 0.15) is 23.2 Å². The van der Waals surface area contributed by atoms with Crippen LogP contribution in [0.2, 0.25) is 0 Å². The maximum Gasteiger partial charge on any atom is 0.254 e. The lowest BCUT2D eigenvalue weighted by Crippen LogP contribution is -2.39. The van der Waals surface area contributed by atoms with Gasteiger partial charge in [-0.15, -0.1) is 0 Å². The van der Waals surface area contributed by atoms with Crippen LogP contribution in [0.15, 0.2) is 42.7 Å². The van der Waals surface area contributed by atoms with Crippen LogP contribution in [0.3, 0.4) is 0 Å². The van der Waals surface area contributed by atoms with Crippen molar-refractivity contribution in [3.63, 3.8) is 0 Å². The van der Waals surface area contributed by atoms with Gasteiger partial charge in [0.1, 0.15) is 5.75 Å². The Bertz CT molecular complexity index is 759. The molecule has 6 heteroatoms. The van der Waals surface area contributed by atoms with Gasteiger partial charge in [0, 0.05) is 44.1 Å². The van der Waals surface area contributed by atoms with Crippen molar-refractivity contribution >= 4 is 5.91 Å². The molecule has 2 heterocycles. The molecule has 0 radical (unpaired) electrons. The van der Waals surface area contributed by atoms with Crippen LogP contribution < -0.4 is 4.74 Å². The van der Waals surface area contributed by atoms with Crippen molar-refractivity contribution in [1.29, 1.82) is 0 Å². The van der Waals surface area contributed by atoms with Gasteiger partial charge in [-0.1, -0.05) is 12.1 Å². The molecule has 1 saturated heterocycles. The van der Waals surface area contributed by atoms with E-state index >= 15 is 0 Å². The first-order valence-corrected chi connectivity index (χ1v) is 9.20. The third-order valence-corrected chi connectivity index (χ3v) is 4.69. The predicted molar refractivity (Wildman–Crippen MR) is 103 cm³/mol. The van der Waals surface area contributed by atoms with Gasteiger partial charge < -0.3 is 19.1 Å². The Morgan fingerprint density at radius 3 is 2.89 bits per heavy atom. The molecule has 1 aromatic heterocycles. The van der Waals surface area contributed by atoms with Crippen molar-refractivity contribution in [2.45, 2.75) is 18.9 Å². The lowest BCUT2D eigenvalue weighted by molar-refractivity contribution is 0.0456. The minimum Gasteiger partial charge on any atom is -0.495 e. The first-order chi connectivity index (χ1) is 13.2. The van der Waals surface area contributed by atoms with Crippen LogP contribution in [0.4, 0.5) is 0 Å². The van der Waals surface area contributed by atoms with Crippen LogP contribution in [0, 0.1) is 0 Å². The molecule has 0 aliphatic carbocycles. The summed E-state index contributed by atoms with van der Waals surface area (Å²) >= 11 is 0. The number of carbonyl (C=O) groups is 1. The summed E-state index contributed by atoms with van der Waals surface area (Å²) in [7, 11) is 3.25. The van der Waals surface area contributed by atoms with E-state index in [1.165, 1.54) is 0 Å². The van der Waals surface area contributed by atoms with Crippen molar-refractivity contribution in [3.05, 3.63) is 48.3 Å². The summed E-state index contributed by atoms with van der Waals surface area (Å²) in [5.41, 5.74) is 2.48. The predicted octanol–water partition coefficient (Wildman–Crippen LogP) is 3.02. The molecular weight excluding hydrogens is 344 g/mol. The third kappa shape index (κ3) is 5.05.